The second-order valence-corrected chi connectivity index (χ2v) is 8.88. The summed E-state index contributed by atoms with van der Waals surface area (Å²) in [4.78, 5) is 34.0. The molecule has 1 fully saturated rings. The lowest BCUT2D eigenvalue weighted by atomic mass is 10.1. The zero-order valence-corrected chi connectivity index (χ0v) is 19.3. The van der Waals surface area contributed by atoms with Crippen LogP contribution in [0.4, 0.5) is 5.82 Å². The van der Waals surface area contributed by atoms with E-state index in [0.29, 0.717) is 24.4 Å². The molecular weight excluding hydrogens is 444 g/mol. The number of hydrogen-bond donors (Lipinski definition) is 0. The SMILES string of the molecule is Cc1ccc(CN2CCN(c3nc(-c4ccccc4)c4ccc5n4c3OC(=O)C(=O)O5)CC2)cc1. The van der Waals surface area contributed by atoms with Crippen LogP contribution in [0.3, 0.4) is 0 Å². The minimum absolute atomic E-state index is 0.211. The predicted molar refractivity (Wildman–Crippen MR) is 131 cm³/mol. The second kappa shape index (κ2) is 8.56. The van der Waals surface area contributed by atoms with Crippen LogP contribution >= 0.6 is 0 Å². The normalized spacial score (nSPS) is 16.2. The van der Waals surface area contributed by atoms with E-state index >= 15 is 0 Å². The molecule has 1 saturated heterocycles. The maximum absolute atomic E-state index is 12.3. The molecule has 0 spiro atoms. The average Bonchev–Trinajstić information content (AvgIpc) is 3.25. The molecule has 176 valence electrons. The molecule has 6 rings (SSSR count). The zero-order valence-electron chi connectivity index (χ0n) is 19.3. The first-order chi connectivity index (χ1) is 17.1. The summed E-state index contributed by atoms with van der Waals surface area (Å²) in [5, 5.41) is 0. The number of benzene rings is 2. The summed E-state index contributed by atoms with van der Waals surface area (Å²) in [6.45, 7) is 6.03. The summed E-state index contributed by atoms with van der Waals surface area (Å²) in [5.41, 5.74) is 4.88. The molecule has 2 aromatic carbocycles. The Hall–Kier alpha value is -4.17. The molecule has 8 nitrogen and oxygen atoms in total. The van der Waals surface area contributed by atoms with Gasteiger partial charge in [0.1, 0.15) is 0 Å². The molecule has 0 radical (unpaired) electrons. The number of rotatable bonds is 4. The highest BCUT2D eigenvalue weighted by atomic mass is 16.6. The number of carbonyl (C=O) groups is 2. The minimum atomic E-state index is -1.05. The number of hydrogen-bond acceptors (Lipinski definition) is 7. The number of nitrogens with zero attached hydrogens (tertiary/aromatic N) is 4. The summed E-state index contributed by atoms with van der Waals surface area (Å²) >= 11 is 0. The van der Waals surface area contributed by atoms with Crippen LogP contribution in [-0.4, -0.2) is 52.4 Å². The number of carbonyl (C=O) groups excluding carboxylic acids is 2. The van der Waals surface area contributed by atoms with Gasteiger partial charge in [-0.15, -0.1) is 0 Å². The molecule has 4 aromatic rings. The van der Waals surface area contributed by atoms with Gasteiger partial charge in [-0.2, -0.15) is 0 Å². The van der Waals surface area contributed by atoms with Gasteiger partial charge in [-0.25, -0.2) is 19.0 Å². The van der Waals surface area contributed by atoms with Crippen LogP contribution in [-0.2, 0) is 16.1 Å². The molecule has 0 atom stereocenters. The number of aromatic nitrogens is 2. The van der Waals surface area contributed by atoms with Gasteiger partial charge in [0.25, 0.3) is 5.88 Å². The fraction of sp³-hybridized carbons (Fsp3) is 0.222. The zero-order chi connectivity index (χ0) is 23.9. The maximum Gasteiger partial charge on any atom is 0.424 e. The number of piperazine rings is 1. The molecule has 0 saturated carbocycles. The fourth-order valence-electron chi connectivity index (χ4n) is 4.64. The molecule has 8 heteroatoms. The van der Waals surface area contributed by atoms with E-state index in [-0.39, 0.29) is 11.8 Å². The van der Waals surface area contributed by atoms with Crippen molar-refractivity contribution < 1.29 is 19.1 Å². The molecule has 0 aliphatic carbocycles. The Morgan fingerprint density at radius 1 is 0.829 bits per heavy atom. The number of esters is 2. The van der Waals surface area contributed by atoms with Crippen LogP contribution in [0.15, 0.2) is 66.7 Å². The minimum Gasteiger partial charge on any atom is -0.400 e. The molecule has 0 N–H and O–H groups in total. The lowest BCUT2D eigenvalue weighted by Crippen LogP contribution is -2.46. The van der Waals surface area contributed by atoms with Crippen LogP contribution in [0.1, 0.15) is 11.1 Å². The summed E-state index contributed by atoms with van der Waals surface area (Å²) in [5.74, 6) is -1.12. The topological polar surface area (TPSA) is 76.4 Å². The van der Waals surface area contributed by atoms with Crippen molar-refractivity contribution in [2.75, 3.05) is 31.1 Å². The largest absolute Gasteiger partial charge is 0.424 e. The van der Waals surface area contributed by atoms with E-state index in [1.165, 1.54) is 11.1 Å². The van der Waals surface area contributed by atoms with Crippen LogP contribution in [0.25, 0.3) is 16.8 Å². The first-order valence-corrected chi connectivity index (χ1v) is 11.6. The van der Waals surface area contributed by atoms with Gasteiger partial charge >= 0.3 is 11.9 Å². The van der Waals surface area contributed by atoms with Crippen molar-refractivity contribution >= 4 is 23.3 Å². The van der Waals surface area contributed by atoms with Gasteiger partial charge in [-0.05, 0) is 18.6 Å². The van der Waals surface area contributed by atoms with E-state index in [4.69, 9.17) is 14.5 Å². The van der Waals surface area contributed by atoms with Crippen LogP contribution < -0.4 is 14.4 Å². The summed E-state index contributed by atoms with van der Waals surface area (Å²) in [7, 11) is 0. The van der Waals surface area contributed by atoms with Crippen LogP contribution in [0, 0.1) is 6.92 Å². The molecule has 2 aliphatic heterocycles. The first-order valence-electron chi connectivity index (χ1n) is 11.6. The van der Waals surface area contributed by atoms with E-state index in [0.717, 1.165) is 30.9 Å². The van der Waals surface area contributed by atoms with Crippen molar-refractivity contribution in [1.82, 2.24) is 14.3 Å². The van der Waals surface area contributed by atoms with E-state index in [1.807, 2.05) is 36.4 Å². The number of aryl methyl sites for hydroxylation is 1. The highest BCUT2D eigenvalue weighted by Gasteiger charge is 2.33. The molecule has 35 heavy (non-hydrogen) atoms. The van der Waals surface area contributed by atoms with Crippen molar-refractivity contribution in [3.05, 3.63) is 77.9 Å². The monoisotopic (exact) mass is 468 g/mol. The predicted octanol–water partition coefficient (Wildman–Crippen LogP) is 3.46. The molecule has 0 unspecified atom stereocenters. The summed E-state index contributed by atoms with van der Waals surface area (Å²) < 4.78 is 12.5. The van der Waals surface area contributed by atoms with Crippen molar-refractivity contribution in [1.29, 1.82) is 0 Å². The third-order valence-electron chi connectivity index (χ3n) is 6.50. The van der Waals surface area contributed by atoms with Gasteiger partial charge < -0.3 is 14.4 Å². The standard InChI is InChI=1S/C27H24N4O4/c1-18-7-9-19(10-8-18)17-29-13-15-30(16-14-29)24-25-31-21(23(28-24)20-5-3-2-4-6-20)11-12-22(31)34-26(32)27(33)35-25/h2-12H,13-17H2,1H3. The van der Waals surface area contributed by atoms with Gasteiger partial charge in [0.2, 0.25) is 5.88 Å². The molecule has 4 heterocycles. The van der Waals surface area contributed by atoms with Crippen molar-refractivity contribution in [3.8, 4) is 23.0 Å². The highest BCUT2D eigenvalue weighted by molar-refractivity contribution is 6.31. The number of anilines is 1. The first kappa shape index (κ1) is 21.4. The molecular formula is C27H24N4O4. The van der Waals surface area contributed by atoms with Crippen LogP contribution in [0.5, 0.6) is 11.8 Å². The van der Waals surface area contributed by atoms with Crippen molar-refractivity contribution in [2.45, 2.75) is 13.5 Å². The van der Waals surface area contributed by atoms with Crippen molar-refractivity contribution in [3.63, 3.8) is 0 Å². The highest BCUT2D eigenvalue weighted by Crippen LogP contribution is 2.39. The third-order valence-corrected chi connectivity index (χ3v) is 6.50. The van der Waals surface area contributed by atoms with E-state index < -0.39 is 11.9 Å². The number of ether oxygens (including phenoxy) is 2. The lowest BCUT2D eigenvalue weighted by molar-refractivity contribution is -0.155. The molecule has 0 bridgehead atoms. The van der Waals surface area contributed by atoms with Gasteiger partial charge in [0, 0.05) is 44.4 Å². The van der Waals surface area contributed by atoms with E-state index in [9.17, 15) is 9.59 Å². The Bertz CT molecular complexity index is 1420. The average molecular weight is 469 g/mol. The smallest absolute Gasteiger partial charge is 0.400 e. The van der Waals surface area contributed by atoms with Crippen molar-refractivity contribution in [2.24, 2.45) is 0 Å². The second-order valence-electron chi connectivity index (χ2n) is 8.88. The Balaban J connectivity index is 1.37. The fourth-order valence-corrected chi connectivity index (χ4v) is 4.64. The van der Waals surface area contributed by atoms with Crippen LogP contribution in [0.2, 0.25) is 0 Å². The van der Waals surface area contributed by atoms with E-state index in [2.05, 4.69) is 41.0 Å². The Kier molecular flexibility index (Phi) is 5.22. The van der Waals surface area contributed by atoms with Gasteiger partial charge in [-0.3, -0.25) is 4.90 Å². The maximum atomic E-state index is 12.3. The third kappa shape index (κ3) is 3.91. The Labute approximate surface area is 202 Å². The van der Waals surface area contributed by atoms with Gasteiger partial charge in [0.15, 0.2) is 5.82 Å². The molecule has 0 amide bonds. The van der Waals surface area contributed by atoms with Gasteiger partial charge in [-0.1, -0.05) is 60.2 Å². The lowest BCUT2D eigenvalue weighted by Gasteiger charge is -2.36. The Morgan fingerprint density at radius 3 is 2.29 bits per heavy atom. The quantitative estimate of drug-likeness (QED) is 0.335. The molecule has 2 aliphatic rings. The summed E-state index contributed by atoms with van der Waals surface area (Å²) in [6, 6.07) is 21.9. The van der Waals surface area contributed by atoms with Gasteiger partial charge in [0.05, 0.1) is 11.2 Å². The Morgan fingerprint density at radius 2 is 1.54 bits per heavy atom. The van der Waals surface area contributed by atoms with E-state index in [1.54, 1.807) is 10.5 Å². The molecule has 2 aromatic heterocycles. The summed E-state index contributed by atoms with van der Waals surface area (Å²) in [6.07, 6.45) is 0.